The van der Waals surface area contributed by atoms with Gasteiger partial charge in [-0.1, -0.05) is 131 Å². The average Bonchev–Trinajstić information content (AvgIpc) is 2.48. The molecule has 0 amide bonds. The van der Waals surface area contributed by atoms with Gasteiger partial charge in [-0.15, -0.1) is 0 Å². The Morgan fingerprint density at radius 1 is 0.652 bits per heavy atom. The van der Waals surface area contributed by atoms with E-state index in [-0.39, 0.29) is 0 Å². The van der Waals surface area contributed by atoms with Gasteiger partial charge in [-0.2, -0.15) is 0 Å². The monoisotopic (exact) mass is 340 g/mol. The van der Waals surface area contributed by atoms with Crippen molar-refractivity contribution in [3.63, 3.8) is 0 Å². The molecule has 0 aromatic heterocycles. The van der Waals surface area contributed by atoms with Crippen molar-refractivity contribution in [3.8, 4) is 0 Å². The third kappa shape index (κ3) is 9.95. The van der Waals surface area contributed by atoms with E-state index in [2.05, 4.69) is 47.7 Å². The van der Waals surface area contributed by atoms with Crippen LogP contribution >= 0.6 is 0 Å². The van der Waals surface area contributed by atoms with Gasteiger partial charge in [0.05, 0.1) is 8.07 Å². The Bertz CT molecular complexity index is 265. The highest BCUT2D eigenvalue weighted by atomic mass is 28.3. The topological polar surface area (TPSA) is 0 Å². The standard InChI is InChI=1S/C22H48Si/c1-8-9-10-11-12-13-14-15-16-17-18-19-20-23(6,7)22(4,5)21(2)3/h21H,8-20H2,1-7H3. The molecule has 0 atom stereocenters. The normalized spacial score (nSPS) is 13.0. The van der Waals surface area contributed by atoms with Crippen molar-refractivity contribution in [1.82, 2.24) is 0 Å². The second kappa shape index (κ2) is 12.6. The zero-order chi connectivity index (χ0) is 17.8. The van der Waals surface area contributed by atoms with E-state index in [1.807, 2.05) is 0 Å². The molecule has 0 aliphatic rings. The van der Waals surface area contributed by atoms with Crippen LogP contribution in [0.25, 0.3) is 0 Å². The maximum absolute atomic E-state index is 2.62. The highest BCUT2D eigenvalue weighted by molar-refractivity contribution is 6.80. The van der Waals surface area contributed by atoms with Crippen LogP contribution in [0.2, 0.25) is 24.2 Å². The largest absolute Gasteiger partial charge is 0.0690 e. The molecule has 23 heavy (non-hydrogen) atoms. The molecule has 0 aliphatic heterocycles. The molecule has 140 valence electrons. The molecule has 0 rings (SSSR count). The van der Waals surface area contributed by atoms with Gasteiger partial charge in [-0.05, 0) is 11.0 Å². The van der Waals surface area contributed by atoms with Crippen LogP contribution in [0.3, 0.4) is 0 Å². The molecule has 0 aromatic carbocycles. The van der Waals surface area contributed by atoms with Gasteiger partial charge in [0.1, 0.15) is 0 Å². The van der Waals surface area contributed by atoms with Gasteiger partial charge < -0.3 is 0 Å². The van der Waals surface area contributed by atoms with Gasteiger partial charge in [-0.3, -0.25) is 0 Å². The highest BCUT2D eigenvalue weighted by Gasteiger charge is 2.40. The van der Waals surface area contributed by atoms with E-state index >= 15 is 0 Å². The fraction of sp³-hybridized carbons (Fsp3) is 1.00. The molecule has 0 bridgehead atoms. The molecule has 0 spiro atoms. The molecule has 0 unspecified atom stereocenters. The molecule has 0 saturated heterocycles. The summed E-state index contributed by atoms with van der Waals surface area (Å²) < 4.78 is 0. The number of hydrogen-bond acceptors (Lipinski definition) is 0. The Morgan fingerprint density at radius 2 is 1.00 bits per heavy atom. The lowest BCUT2D eigenvalue weighted by Gasteiger charge is -2.43. The van der Waals surface area contributed by atoms with E-state index in [9.17, 15) is 0 Å². The Hall–Kier alpha value is 0.217. The first kappa shape index (κ1) is 23.2. The van der Waals surface area contributed by atoms with Gasteiger partial charge in [0.2, 0.25) is 0 Å². The van der Waals surface area contributed by atoms with Crippen molar-refractivity contribution < 1.29 is 0 Å². The maximum Gasteiger partial charge on any atom is 0.0532 e. The fourth-order valence-electron chi connectivity index (χ4n) is 3.51. The molecule has 0 fully saturated rings. The van der Waals surface area contributed by atoms with Crippen molar-refractivity contribution in [2.75, 3.05) is 0 Å². The van der Waals surface area contributed by atoms with Crippen molar-refractivity contribution in [3.05, 3.63) is 0 Å². The molecule has 0 aliphatic carbocycles. The first-order valence-electron chi connectivity index (χ1n) is 10.8. The van der Waals surface area contributed by atoms with Crippen molar-refractivity contribution in [1.29, 1.82) is 0 Å². The summed E-state index contributed by atoms with van der Waals surface area (Å²) >= 11 is 0. The SMILES string of the molecule is CCCCCCCCCCCCCC[Si](C)(C)C(C)(C)C(C)C. The van der Waals surface area contributed by atoms with E-state index in [0.29, 0.717) is 5.04 Å². The first-order valence-corrected chi connectivity index (χ1v) is 14.0. The third-order valence-electron chi connectivity index (χ3n) is 6.84. The molecular weight excluding hydrogens is 292 g/mol. The maximum atomic E-state index is 2.62. The van der Waals surface area contributed by atoms with Crippen LogP contribution in [0.1, 0.15) is 112 Å². The molecular formula is C22H48Si. The number of rotatable bonds is 15. The molecule has 0 radical (unpaired) electrons. The Labute approximate surface area is 150 Å². The fourth-order valence-corrected chi connectivity index (χ4v) is 6.85. The van der Waals surface area contributed by atoms with E-state index < -0.39 is 8.07 Å². The summed E-state index contributed by atoms with van der Waals surface area (Å²) in [6.45, 7) is 17.4. The summed E-state index contributed by atoms with van der Waals surface area (Å²) in [5.41, 5.74) is 0. The quantitative estimate of drug-likeness (QED) is 0.206. The minimum absolute atomic E-state index is 0.574. The second-order valence-electron chi connectivity index (χ2n) is 9.40. The second-order valence-corrected chi connectivity index (χ2v) is 15.0. The minimum Gasteiger partial charge on any atom is -0.0690 e. The summed E-state index contributed by atoms with van der Waals surface area (Å²) in [4.78, 5) is 0. The average molecular weight is 341 g/mol. The van der Waals surface area contributed by atoms with E-state index in [1.165, 1.54) is 83.1 Å². The summed E-state index contributed by atoms with van der Waals surface area (Å²) in [5, 5.41) is 0.574. The highest BCUT2D eigenvalue weighted by Crippen LogP contribution is 2.46. The summed E-state index contributed by atoms with van der Waals surface area (Å²) in [7, 11) is -1.09. The molecule has 0 N–H and O–H groups in total. The lowest BCUT2D eigenvalue weighted by molar-refractivity contribution is 0.454. The zero-order valence-electron chi connectivity index (χ0n) is 17.8. The van der Waals surface area contributed by atoms with E-state index in [4.69, 9.17) is 0 Å². The Balaban J connectivity index is 3.52. The third-order valence-corrected chi connectivity index (χ3v) is 12.5. The van der Waals surface area contributed by atoms with Gasteiger partial charge in [-0.25, -0.2) is 0 Å². The predicted molar refractivity (Wildman–Crippen MR) is 112 cm³/mol. The molecule has 0 aromatic rings. The van der Waals surface area contributed by atoms with Crippen LogP contribution in [-0.4, -0.2) is 8.07 Å². The molecule has 0 heterocycles. The first-order chi connectivity index (χ1) is 10.8. The van der Waals surface area contributed by atoms with E-state index in [1.54, 1.807) is 0 Å². The van der Waals surface area contributed by atoms with Crippen LogP contribution in [0.4, 0.5) is 0 Å². The van der Waals surface area contributed by atoms with Crippen molar-refractivity contribution in [2.45, 2.75) is 136 Å². The Kier molecular flexibility index (Phi) is 12.7. The van der Waals surface area contributed by atoms with E-state index in [0.717, 1.165) is 5.92 Å². The number of hydrogen-bond donors (Lipinski definition) is 0. The van der Waals surface area contributed by atoms with Crippen LogP contribution in [-0.2, 0) is 0 Å². The van der Waals surface area contributed by atoms with Crippen molar-refractivity contribution in [2.24, 2.45) is 5.92 Å². The van der Waals surface area contributed by atoms with Gasteiger partial charge in [0.15, 0.2) is 0 Å². The smallest absolute Gasteiger partial charge is 0.0532 e. The predicted octanol–water partition coefficient (Wildman–Crippen LogP) is 8.83. The van der Waals surface area contributed by atoms with Crippen LogP contribution in [0, 0.1) is 5.92 Å². The minimum atomic E-state index is -1.09. The summed E-state index contributed by atoms with van der Waals surface area (Å²) in [6.07, 6.45) is 17.6. The number of unbranched alkanes of at least 4 members (excludes halogenated alkanes) is 11. The van der Waals surface area contributed by atoms with Gasteiger partial charge in [0.25, 0.3) is 0 Å². The summed E-state index contributed by atoms with van der Waals surface area (Å²) in [6, 6.07) is 1.52. The van der Waals surface area contributed by atoms with Crippen LogP contribution < -0.4 is 0 Å². The molecule has 0 saturated carbocycles. The lowest BCUT2D eigenvalue weighted by Crippen LogP contribution is -2.41. The van der Waals surface area contributed by atoms with Gasteiger partial charge >= 0.3 is 0 Å². The zero-order valence-corrected chi connectivity index (χ0v) is 18.8. The summed E-state index contributed by atoms with van der Waals surface area (Å²) in [5.74, 6) is 0.821. The van der Waals surface area contributed by atoms with Gasteiger partial charge in [0, 0.05) is 0 Å². The van der Waals surface area contributed by atoms with Crippen LogP contribution in [0.5, 0.6) is 0 Å². The molecule has 1 heteroatoms. The van der Waals surface area contributed by atoms with Crippen LogP contribution in [0.15, 0.2) is 0 Å². The Morgan fingerprint density at radius 3 is 1.35 bits per heavy atom. The van der Waals surface area contributed by atoms with Crippen molar-refractivity contribution >= 4 is 8.07 Å². The molecule has 0 nitrogen and oxygen atoms in total. The lowest BCUT2D eigenvalue weighted by atomic mass is 9.99.